The zero-order valence-electron chi connectivity index (χ0n) is 13.8. The molecule has 3 aromatic rings. The Balaban J connectivity index is 1.56. The Kier molecular flexibility index (Phi) is 5.46. The maximum atomic E-state index is 12.5. The predicted octanol–water partition coefficient (Wildman–Crippen LogP) is 4.27. The molecule has 0 aliphatic carbocycles. The monoisotopic (exact) mass is 395 g/mol. The average Bonchev–Trinajstić information content (AvgIpc) is 3.13. The molecule has 0 aliphatic rings. The molecule has 0 radical (unpaired) electrons. The van der Waals surface area contributed by atoms with Gasteiger partial charge in [-0.1, -0.05) is 53.2 Å². The van der Waals surface area contributed by atoms with Gasteiger partial charge < -0.3 is 9.84 Å². The minimum Gasteiger partial charge on any atom is -0.352 e. The van der Waals surface area contributed by atoms with Crippen LogP contribution in [0.2, 0.25) is 5.02 Å². The molecule has 0 saturated carbocycles. The van der Waals surface area contributed by atoms with Crippen LogP contribution in [0.25, 0.3) is 11.4 Å². The topological polar surface area (TPSA) is 68.0 Å². The van der Waals surface area contributed by atoms with Gasteiger partial charge >= 0.3 is 12.1 Å². The molecule has 140 valence electrons. The highest BCUT2D eigenvalue weighted by Gasteiger charge is 2.38. The van der Waals surface area contributed by atoms with Crippen molar-refractivity contribution in [2.45, 2.75) is 19.1 Å². The normalized spacial score (nSPS) is 11.4. The van der Waals surface area contributed by atoms with Crippen molar-refractivity contribution in [3.05, 3.63) is 70.6 Å². The summed E-state index contributed by atoms with van der Waals surface area (Å²) in [6.45, 7) is 0.284. The number of nitrogens with zero attached hydrogens (tertiary/aromatic N) is 2. The van der Waals surface area contributed by atoms with Crippen molar-refractivity contribution in [2.75, 3.05) is 0 Å². The van der Waals surface area contributed by atoms with Crippen molar-refractivity contribution in [1.29, 1.82) is 0 Å². The van der Waals surface area contributed by atoms with Crippen molar-refractivity contribution in [2.24, 2.45) is 0 Å². The second-order valence-corrected chi connectivity index (χ2v) is 6.13. The first kappa shape index (κ1) is 18.9. The molecule has 1 amide bonds. The molecule has 1 heterocycles. The third-order valence-corrected chi connectivity index (χ3v) is 3.90. The summed E-state index contributed by atoms with van der Waals surface area (Å²) < 4.78 is 41.7. The van der Waals surface area contributed by atoms with Crippen molar-refractivity contribution in [3.63, 3.8) is 0 Å². The van der Waals surface area contributed by atoms with Gasteiger partial charge in [-0.2, -0.15) is 18.2 Å². The largest absolute Gasteiger partial charge is 0.471 e. The van der Waals surface area contributed by atoms with E-state index in [0.717, 1.165) is 11.1 Å². The van der Waals surface area contributed by atoms with E-state index in [1.54, 1.807) is 48.5 Å². The fourth-order valence-corrected chi connectivity index (χ4v) is 2.40. The van der Waals surface area contributed by atoms with Gasteiger partial charge in [-0.25, -0.2) is 0 Å². The molecule has 0 spiro atoms. The van der Waals surface area contributed by atoms with E-state index in [4.69, 9.17) is 11.6 Å². The molecular weight excluding hydrogens is 383 g/mol. The average molecular weight is 396 g/mol. The van der Waals surface area contributed by atoms with Gasteiger partial charge in [0.2, 0.25) is 11.7 Å². The van der Waals surface area contributed by atoms with Crippen LogP contribution in [0.4, 0.5) is 13.2 Å². The molecule has 0 fully saturated rings. The van der Waals surface area contributed by atoms with Gasteiger partial charge in [0.05, 0.1) is 6.42 Å². The van der Waals surface area contributed by atoms with Gasteiger partial charge in [0.1, 0.15) is 0 Å². The van der Waals surface area contributed by atoms with Crippen molar-refractivity contribution >= 4 is 17.5 Å². The summed E-state index contributed by atoms with van der Waals surface area (Å²) in [5.74, 6) is -1.70. The molecule has 0 bridgehead atoms. The molecule has 3 rings (SSSR count). The van der Waals surface area contributed by atoms with Gasteiger partial charge in [-0.3, -0.25) is 4.79 Å². The Morgan fingerprint density at radius 1 is 1.04 bits per heavy atom. The number of carbonyl (C=O) groups excluding carboxylic acids is 1. The predicted molar refractivity (Wildman–Crippen MR) is 91.7 cm³/mol. The van der Waals surface area contributed by atoms with E-state index in [-0.39, 0.29) is 24.7 Å². The van der Waals surface area contributed by atoms with Crippen LogP contribution in [0, 0.1) is 0 Å². The number of hydrogen-bond acceptors (Lipinski definition) is 4. The first-order chi connectivity index (χ1) is 12.8. The molecule has 1 N–H and O–H groups in total. The van der Waals surface area contributed by atoms with Gasteiger partial charge in [0.15, 0.2) is 0 Å². The van der Waals surface area contributed by atoms with Gasteiger partial charge in [0.25, 0.3) is 0 Å². The van der Waals surface area contributed by atoms with E-state index in [2.05, 4.69) is 20.0 Å². The minimum absolute atomic E-state index is 0.152. The van der Waals surface area contributed by atoms with Gasteiger partial charge in [0, 0.05) is 17.1 Å². The summed E-state index contributed by atoms with van der Waals surface area (Å²) in [6, 6.07) is 13.4. The van der Waals surface area contributed by atoms with Gasteiger partial charge in [-0.05, 0) is 23.3 Å². The highest BCUT2D eigenvalue weighted by atomic mass is 35.5. The summed E-state index contributed by atoms with van der Waals surface area (Å²) >= 11 is 5.80. The van der Waals surface area contributed by atoms with Crippen LogP contribution in [-0.4, -0.2) is 16.0 Å². The lowest BCUT2D eigenvalue weighted by atomic mass is 10.1. The van der Waals surface area contributed by atoms with E-state index < -0.39 is 12.1 Å². The fourth-order valence-electron chi connectivity index (χ4n) is 2.28. The number of hydrogen-bond donors (Lipinski definition) is 1. The van der Waals surface area contributed by atoms with Crippen molar-refractivity contribution < 1.29 is 22.5 Å². The van der Waals surface area contributed by atoms with Crippen molar-refractivity contribution in [1.82, 2.24) is 15.5 Å². The summed E-state index contributed by atoms with van der Waals surface area (Å²) in [5, 5.41) is 6.70. The molecule has 27 heavy (non-hydrogen) atoms. The second kappa shape index (κ2) is 7.79. The molecule has 9 heteroatoms. The standard InChI is InChI=1S/C18H13ClF3N3O2/c19-14-7-3-11(4-8-14)9-15(26)23-10-12-1-5-13(6-2-12)16-24-17(27-25-16)18(20,21)22/h1-8H,9-10H2,(H,23,26). The molecule has 0 saturated heterocycles. The van der Waals surface area contributed by atoms with Crippen LogP contribution in [0.3, 0.4) is 0 Å². The Labute approximate surface area is 157 Å². The van der Waals surface area contributed by atoms with E-state index in [1.807, 2.05) is 0 Å². The van der Waals surface area contributed by atoms with Crippen molar-refractivity contribution in [3.8, 4) is 11.4 Å². The molecule has 0 aliphatic heterocycles. The highest BCUT2D eigenvalue weighted by molar-refractivity contribution is 6.30. The van der Waals surface area contributed by atoms with Crippen LogP contribution in [0.15, 0.2) is 53.1 Å². The van der Waals surface area contributed by atoms with Crippen LogP contribution in [-0.2, 0) is 23.9 Å². The number of benzene rings is 2. The summed E-state index contributed by atoms with van der Waals surface area (Å²) in [7, 11) is 0. The van der Waals surface area contributed by atoms with E-state index in [0.29, 0.717) is 10.6 Å². The van der Waals surface area contributed by atoms with Crippen LogP contribution in [0.1, 0.15) is 17.0 Å². The first-order valence-electron chi connectivity index (χ1n) is 7.82. The second-order valence-electron chi connectivity index (χ2n) is 5.70. The highest BCUT2D eigenvalue weighted by Crippen LogP contribution is 2.29. The number of halogens is 4. The summed E-state index contributed by atoms with van der Waals surface area (Å²) in [5.41, 5.74) is 2.00. The number of carbonyl (C=O) groups is 1. The Bertz CT molecular complexity index is 922. The first-order valence-corrected chi connectivity index (χ1v) is 8.20. The summed E-state index contributed by atoms with van der Waals surface area (Å²) in [4.78, 5) is 15.3. The molecule has 5 nitrogen and oxygen atoms in total. The SMILES string of the molecule is O=C(Cc1ccc(Cl)cc1)NCc1ccc(-c2noc(C(F)(F)F)n2)cc1. The van der Waals surface area contributed by atoms with E-state index >= 15 is 0 Å². The van der Waals surface area contributed by atoms with E-state index in [1.165, 1.54) is 0 Å². The lowest BCUT2D eigenvalue weighted by Gasteiger charge is -2.06. The minimum atomic E-state index is -4.68. The Morgan fingerprint density at radius 3 is 2.26 bits per heavy atom. The molecule has 1 aromatic heterocycles. The number of amides is 1. The van der Waals surface area contributed by atoms with Crippen LogP contribution in [0.5, 0.6) is 0 Å². The zero-order chi connectivity index (χ0) is 19.4. The van der Waals surface area contributed by atoms with Crippen LogP contribution < -0.4 is 5.32 Å². The molecule has 2 aromatic carbocycles. The fraction of sp³-hybridized carbons (Fsp3) is 0.167. The van der Waals surface area contributed by atoms with Gasteiger partial charge in [-0.15, -0.1) is 0 Å². The smallest absolute Gasteiger partial charge is 0.352 e. The molecule has 0 atom stereocenters. The van der Waals surface area contributed by atoms with E-state index in [9.17, 15) is 18.0 Å². The lowest BCUT2D eigenvalue weighted by Crippen LogP contribution is -2.24. The quantitative estimate of drug-likeness (QED) is 0.700. The number of nitrogens with one attached hydrogen (secondary N) is 1. The molecule has 0 unspecified atom stereocenters. The summed E-state index contributed by atoms with van der Waals surface area (Å²) in [6.07, 6.45) is -4.46. The maximum Gasteiger partial charge on any atom is 0.471 e. The lowest BCUT2D eigenvalue weighted by molar-refractivity contribution is -0.159. The Hall–Kier alpha value is -2.87. The maximum absolute atomic E-state index is 12.5. The third kappa shape index (κ3) is 5.07. The third-order valence-electron chi connectivity index (χ3n) is 3.65. The number of aromatic nitrogens is 2. The molecular formula is C18H13ClF3N3O2. The van der Waals surface area contributed by atoms with Crippen LogP contribution >= 0.6 is 11.6 Å². The number of alkyl halides is 3. The number of rotatable bonds is 5. The Morgan fingerprint density at radius 2 is 1.67 bits per heavy atom. The zero-order valence-corrected chi connectivity index (χ0v) is 14.5.